The topological polar surface area (TPSA) is 15.3 Å². The van der Waals surface area contributed by atoms with Gasteiger partial charge in [-0.05, 0) is 18.4 Å². The van der Waals surface area contributed by atoms with Gasteiger partial charge in [0.1, 0.15) is 0 Å². The minimum Gasteiger partial charge on any atom is -0.313 e. The van der Waals surface area contributed by atoms with E-state index in [0.29, 0.717) is 11.5 Å². The maximum atomic E-state index is 3.46. The number of rotatable bonds is 4. The molecule has 0 amide bonds. The van der Waals surface area contributed by atoms with Crippen molar-refractivity contribution in [1.82, 2.24) is 10.2 Å². The summed E-state index contributed by atoms with van der Waals surface area (Å²) in [5, 5.41) is 3.46. The minimum absolute atomic E-state index is 0.553. The SMILES string of the molecule is CC(C)NCCN1CCC(C)(C)C1. The summed E-state index contributed by atoms with van der Waals surface area (Å²) in [6, 6.07) is 0.621. The fourth-order valence-electron chi connectivity index (χ4n) is 1.93. The second-order valence-corrected chi connectivity index (χ2v) is 5.30. The highest BCUT2D eigenvalue weighted by molar-refractivity contribution is 4.82. The highest BCUT2D eigenvalue weighted by Gasteiger charge is 2.28. The molecule has 0 spiro atoms. The Bertz CT molecular complexity index is 152. The molecule has 1 heterocycles. The van der Waals surface area contributed by atoms with E-state index in [9.17, 15) is 0 Å². The first kappa shape index (κ1) is 11.0. The molecule has 1 fully saturated rings. The van der Waals surface area contributed by atoms with E-state index in [1.807, 2.05) is 0 Å². The summed E-state index contributed by atoms with van der Waals surface area (Å²) >= 11 is 0. The predicted molar refractivity (Wildman–Crippen MR) is 58.0 cm³/mol. The Hall–Kier alpha value is -0.0800. The number of nitrogens with zero attached hydrogens (tertiary/aromatic N) is 1. The fraction of sp³-hybridized carbons (Fsp3) is 1.00. The van der Waals surface area contributed by atoms with Gasteiger partial charge in [0.05, 0.1) is 0 Å². The first-order valence-corrected chi connectivity index (χ1v) is 5.45. The van der Waals surface area contributed by atoms with E-state index in [2.05, 4.69) is 37.9 Å². The molecule has 2 heteroatoms. The van der Waals surface area contributed by atoms with Gasteiger partial charge in [-0.25, -0.2) is 0 Å². The van der Waals surface area contributed by atoms with Gasteiger partial charge >= 0.3 is 0 Å². The Morgan fingerprint density at radius 1 is 1.38 bits per heavy atom. The summed E-state index contributed by atoms with van der Waals surface area (Å²) in [6.07, 6.45) is 1.36. The first-order valence-electron chi connectivity index (χ1n) is 5.45. The predicted octanol–water partition coefficient (Wildman–Crippen LogP) is 1.72. The monoisotopic (exact) mass is 184 g/mol. The van der Waals surface area contributed by atoms with Crippen molar-refractivity contribution in [3.63, 3.8) is 0 Å². The van der Waals surface area contributed by atoms with Gasteiger partial charge in [-0.1, -0.05) is 27.7 Å². The lowest BCUT2D eigenvalue weighted by atomic mass is 9.93. The number of hydrogen-bond acceptors (Lipinski definition) is 2. The highest BCUT2D eigenvalue weighted by atomic mass is 15.2. The van der Waals surface area contributed by atoms with Crippen molar-refractivity contribution in [2.24, 2.45) is 5.41 Å². The summed E-state index contributed by atoms with van der Waals surface area (Å²) in [5.41, 5.74) is 0.553. The van der Waals surface area contributed by atoms with Crippen LogP contribution in [0.25, 0.3) is 0 Å². The zero-order valence-corrected chi connectivity index (χ0v) is 9.56. The van der Waals surface area contributed by atoms with Crippen LogP contribution in [0.4, 0.5) is 0 Å². The molecule has 0 atom stereocenters. The van der Waals surface area contributed by atoms with Crippen molar-refractivity contribution in [3.8, 4) is 0 Å². The number of likely N-dealkylation sites (tertiary alicyclic amines) is 1. The largest absolute Gasteiger partial charge is 0.313 e. The molecule has 0 radical (unpaired) electrons. The van der Waals surface area contributed by atoms with Gasteiger partial charge in [0.25, 0.3) is 0 Å². The molecule has 13 heavy (non-hydrogen) atoms. The van der Waals surface area contributed by atoms with Crippen LogP contribution in [-0.2, 0) is 0 Å². The maximum Gasteiger partial charge on any atom is 0.0107 e. The maximum absolute atomic E-state index is 3.46. The molecule has 1 N–H and O–H groups in total. The average Bonchev–Trinajstić information content (AvgIpc) is 2.29. The lowest BCUT2D eigenvalue weighted by Gasteiger charge is -2.20. The molecule has 1 rings (SSSR count). The summed E-state index contributed by atoms with van der Waals surface area (Å²) in [7, 11) is 0. The molecule has 0 unspecified atom stereocenters. The first-order chi connectivity index (χ1) is 5.99. The standard InChI is InChI=1S/C11H24N2/c1-10(2)12-6-8-13-7-5-11(3,4)9-13/h10,12H,5-9H2,1-4H3. The summed E-state index contributed by atoms with van der Waals surface area (Å²) < 4.78 is 0. The summed E-state index contributed by atoms with van der Waals surface area (Å²) in [5.74, 6) is 0. The van der Waals surface area contributed by atoms with Crippen LogP contribution >= 0.6 is 0 Å². The van der Waals surface area contributed by atoms with Crippen LogP contribution < -0.4 is 5.32 Å². The van der Waals surface area contributed by atoms with Gasteiger partial charge in [-0.15, -0.1) is 0 Å². The second-order valence-electron chi connectivity index (χ2n) is 5.30. The fourth-order valence-corrected chi connectivity index (χ4v) is 1.93. The summed E-state index contributed by atoms with van der Waals surface area (Å²) in [4.78, 5) is 2.56. The van der Waals surface area contributed by atoms with Crippen LogP contribution in [0.1, 0.15) is 34.1 Å². The van der Waals surface area contributed by atoms with Crippen molar-refractivity contribution < 1.29 is 0 Å². The smallest absolute Gasteiger partial charge is 0.0107 e. The van der Waals surface area contributed by atoms with Crippen molar-refractivity contribution in [2.45, 2.75) is 40.2 Å². The van der Waals surface area contributed by atoms with E-state index in [-0.39, 0.29) is 0 Å². The van der Waals surface area contributed by atoms with Crippen molar-refractivity contribution in [3.05, 3.63) is 0 Å². The van der Waals surface area contributed by atoms with Gasteiger partial charge in [0.15, 0.2) is 0 Å². The van der Waals surface area contributed by atoms with Crippen molar-refractivity contribution >= 4 is 0 Å². The van der Waals surface area contributed by atoms with E-state index in [4.69, 9.17) is 0 Å². The third-order valence-corrected chi connectivity index (χ3v) is 2.74. The summed E-state index contributed by atoms with van der Waals surface area (Å²) in [6.45, 7) is 14.0. The number of nitrogens with one attached hydrogen (secondary N) is 1. The molecule has 1 saturated heterocycles. The zero-order chi connectivity index (χ0) is 9.90. The van der Waals surface area contributed by atoms with Crippen LogP contribution in [0.3, 0.4) is 0 Å². The van der Waals surface area contributed by atoms with E-state index in [0.717, 1.165) is 6.54 Å². The van der Waals surface area contributed by atoms with Crippen LogP contribution in [-0.4, -0.2) is 37.1 Å². The van der Waals surface area contributed by atoms with E-state index in [1.54, 1.807) is 0 Å². The molecular formula is C11H24N2. The molecule has 0 aromatic heterocycles. The molecule has 0 aromatic rings. The Morgan fingerprint density at radius 2 is 2.08 bits per heavy atom. The van der Waals surface area contributed by atoms with Gasteiger partial charge in [-0.3, -0.25) is 0 Å². The van der Waals surface area contributed by atoms with E-state index >= 15 is 0 Å². The highest BCUT2D eigenvalue weighted by Crippen LogP contribution is 2.28. The Kier molecular flexibility index (Phi) is 3.74. The Balaban J connectivity index is 2.11. The van der Waals surface area contributed by atoms with Crippen molar-refractivity contribution in [1.29, 1.82) is 0 Å². The van der Waals surface area contributed by atoms with Gasteiger partial charge < -0.3 is 10.2 Å². The van der Waals surface area contributed by atoms with Crippen molar-refractivity contribution in [2.75, 3.05) is 26.2 Å². The molecule has 0 aromatic carbocycles. The normalized spacial score (nSPS) is 22.8. The van der Waals surface area contributed by atoms with Gasteiger partial charge in [0.2, 0.25) is 0 Å². The molecule has 2 nitrogen and oxygen atoms in total. The van der Waals surface area contributed by atoms with Crippen LogP contribution in [0, 0.1) is 5.41 Å². The molecule has 0 bridgehead atoms. The number of hydrogen-bond donors (Lipinski definition) is 1. The molecule has 0 aliphatic carbocycles. The lowest BCUT2D eigenvalue weighted by Crippen LogP contribution is -2.34. The van der Waals surface area contributed by atoms with E-state index < -0.39 is 0 Å². The lowest BCUT2D eigenvalue weighted by molar-refractivity contribution is 0.287. The third kappa shape index (κ3) is 4.10. The van der Waals surface area contributed by atoms with Crippen LogP contribution in [0.2, 0.25) is 0 Å². The molecule has 1 aliphatic heterocycles. The zero-order valence-electron chi connectivity index (χ0n) is 9.56. The second kappa shape index (κ2) is 4.43. The Labute approximate surface area is 82.7 Å². The third-order valence-electron chi connectivity index (χ3n) is 2.74. The van der Waals surface area contributed by atoms with Gasteiger partial charge in [0, 0.05) is 25.7 Å². The average molecular weight is 184 g/mol. The molecule has 1 aliphatic rings. The molecular weight excluding hydrogens is 160 g/mol. The van der Waals surface area contributed by atoms with Crippen LogP contribution in [0.15, 0.2) is 0 Å². The minimum atomic E-state index is 0.553. The quantitative estimate of drug-likeness (QED) is 0.715. The van der Waals surface area contributed by atoms with E-state index in [1.165, 1.54) is 26.1 Å². The van der Waals surface area contributed by atoms with Crippen LogP contribution in [0.5, 0.6) is 0 Å². The Morgan fingerprint density at radius 3 is 2.54 bits per heavy atom. The molecule has 78 valence electrons. The molecule has 0 saturated carbocycles. The van der Waals surface area contributed by atoms with Gasteiger partial charge in [-0.2, -0.15) is 0 Å².